The van der Waals surface area contributed by atoms with Gasteiger partial charge in [-0.15, -0.1) is 0 Å². The van der Waals surface area contributed by atoms with Gasteiger partial charge in [-0.25, -0.2) is 14.4 Å². The van der Waals surface area contributed by atoms with Crippen LogP contribution in [0, 0.1) is 12.7 Å². The molecule has 3 nitrogen and oxygen atoms in total. The van der Waals surface area contributed by atoms with Crippen LogP contribution in [-0.2, 0) is 0 Å². The van der Waals surface area contributed by atoms with Gasteiger partial charge in [0.1, 0.15) is 11.6 Å². The third-order valence-corrected chi connectivity index (χ3v) is 2.79. The zero-order valence-electron chi connectivity index (χ0n) is 10.7. The van der Waals surface area contributed by atoms with Gasteiger partial charge in [-0.05, 0) is 36.6 Å². The molecule has 0 spiro atoms. The maximum absolute atomic E-state index is 13.1. The molecule has 4 heteroatoms. The first-order chi connectivity index (χ1) is 8.47. The van der Waals surface area contributed by atoms with Gasteiger partial charge in [0.2, 0.25) is 0 Å². The van der Waals surface area contributed by atoms with E-state index < -0.39 is 0 Å². The zero-order valence-corrected chi connectivity index (χ0v) is 10.7. The third kappa shape index (κ3) is 2.47. The van der Waals surface area contributed by atoms with E-state index >= 15 is 0 Å². The molecule has 0 unspecified atom stereocenters. The number of aryl methyl sites for hydroxylation is 1. The van der Waals surface area contributed by atoms with E-state index in [1.54, 1.807) is 12.1 Å². The molecule has 0 aliphatic rings. The molecule has 1 heterocycles. The number of halogens is 1. The highest BCUT2D eigenvalue weighted by atomic mass is 19.1. The lowest BCUT2D eigenvalue weighted by Gasteiger charge is -2.10. The summed E-state index contributed by atoms with van der Waals surface area (Å²) < 4.78 is 13.1. The van der Waals surface area contributed by atoms with Crippen LogP contribution in [0.1, 0.15) is 31.0 Å². The number of benzene rings is 1. The number of nitrogen functional groups attached to an aromatic ring is 1. The Morgan fingerprint density at radius 3 is 2.50 bits per heavy atom. The van der Waals surface area contributed by atoms with Crippen molar-refractivity contribution < 1.29 is 4.39 Å². The number of hydrogen-bond acceptors (Lipinski definition) is 3. The van der Waals surface area contributed by atoms with Crippen molar-refractivity contribution in [2.75, 3.05) is 5.73 Å². The van der Waals surface area contributed by atoms with Gasteiger partial charge >= 0.3 is 0 Å². The first kappa shape index (κ1) is 12.5. The fourth-order valence-electron chi connectivity index (χ4n) is 1.78. The van der Waals surface area contributed by atoms with Crippen LogP contribution in [0.15, 0.2) is 24.3 Å². The van der Waals surface area contributed by atoms with Crippen molar-refractivity contribution in [2.24, 2.45) is 0 Å². The number of hydrogen-bond donors (Lipinski definition) is 1. The van der Waals surface area contributed by atoms with Crippen LogP contribution in [0.5, 0.6) is 0 Å². The summed E-state index contributed by atoms with van der Waals surface area (Å²) in [6.07, 6.45) is 0. The van der Waals surface area contributed by atoms with Gasteiger partial charge in [0.05, 0.1) is 0 Å². The number of anilines is 1. The highest BCUT2D eigenvalue weighted by molar-refractivity contribution is 5.61. The molecule has 0 radical (unpaired) electrons. The average Bonchev–Trinajstić information content (AvgIpc) is 2.27. The van der Waals surface area contributed by atoms with Crippen LogP contribution >= 0.6 is 0 Å². The SMILES string of the molecule is Cc1cc(F)ccc1-c1nc(N)cc(C(C)C)n1. The number of aromatic nitrogens is 2. The lowest BCUT2D eigenvalue weighted by Crippen LogP contribution is -2.02. The van der Waals surface area contributed by atoms with Crippen molar-refractivity contribution in [2.45, 2.75) is 26.7 Å². The summed E-state index contributed by atoms with van der Waals surface area (Å²) in [5.41, 5.74) is 8.29. The molecular weight excluding hydrogens is 229 g/mol. The largest absolute Gasteiger partial charge is 0.384 e. The molecular formula is C14H16FN3. The van der Waals surface area contributed by atoms with Crippen molar-refractivity contribution >= 4 is 5.82 Å². The van der Waals surface area contributed by atoms with Gasteiger partial charge < -0.3 is 5.73 Å². The summed E-state index contributed by atoms with van der Waals surface area (Å²) in [5, 5.41) is 0. The Morgan fingerprint density at radius 2 is 1.89 bits per heavy atom. The molecule has 2 N–H and O–H groups in total. The van der Waals surface area contributed by atoms with Gasteiger partial charge in [0.15, 0.2) is 5.82 Å². The number of rotatable bonds is 2. The first-order valence-corrected chi connectivity index (χ1v) is 5.88. The highest BCUT2D eigenvalue weighted by Crippen LogP contribution is 2.23. The Hall–Kier alpha value is -1.97. The van der Waals surface area contributed by atoms with Crippen molar-refractivity contribution in [3.63, 3.8) is 0 Å². The fourth-order valence-corrected chi connectivity index (χ4v) is 1.78. The minimum atomic E-state index is -0.260. The van der Waals surface area contributed by atoms with Crippen molar-refractivity contribution in [3.05, 3.63) is 41.3 Å². The predicted octanol–water partition coefficient (Wildman–Crippen LogP) is 3.30. The lowest BCUT2D eigenvalue weighted by molar-refractivity contribution is 0.627. The standard InChI is InChI=1S/C14H16FN3/c1-8(2)12-7-13(16)18-14(17-12)11-5-4-10(15)6-9(11)3/h4-8H,1-3H3,(H2,16,17,18). The van der Waals surface area contributed by atoms with Crippen LogP contribution in [0.2, 0.25) is 0 Å². The number of nitrogens with zero attached hydrogens (tertiary/aromatic N) is 2. The second kappa shape index (κ2) is 4.72. The molecule has 0 saturated carbocycles. The normalized spacial score (nSPS) is 10.9. The Kier molecular flexibility index (Phi) is 3.28. The Morgan fingerprint density at radius 1 is 1.17 bits per heavy atom. The average molecular weight is 245 g/mol. The van der Waals surface area contributed by atoms with Crippen molar-refractivity contribution in [1.29, 1.82) is 0 Å². The van der Waals surface area contributed by atoms with Gasteiger partial charge in [-0.2, -0.15) is 0 Å². The summed E-state index contributed by atoms with van der Waals surface area (Å²) in [5.74, 6) is 1.00. The summed E-state index contributed by atoms with van der Waals surface area (Å²) in [7, 11) is 0. The molecule has 18 heavy (non-hydrogen) atoms. The molecule has 1 aromatic heterocycles. The van der Waals surface area contributed by atoms with Gasteiger partial charge in [0, 0.05) is 17.3 Å². The Bertz CT molecular complexity index is 579. The molecule has 0 amide bonds. The minimum absolute atomic E-state index is 0.260. The van der Waals surface area contributed by atoms with Crippen molar-refractivity contribution in [1.82, 2.24) is 9.97 Å². The summed E-state index contributed by atoms with van der Waals surface area (Å²) in [6.45, 7) is 5.92. The van der Waals surface area contributed by atoms with E-state index in [1.165, 1.54) is 12.1 Å². The first-order valence-electron chi connectivity index (χ1n) is 5.88. The van der Waals surface area contributed by atoms with E-state index in [0.29, 0.717) is 11.6 Å². The molecule has 94 valence electrons. The van der Waals surface area contributed by atoms with Crippen LogP contribution in [0.25, 0.3) is 11.4 Å². The molecule has 0 aliphatic carbocycles. The Balaban J connectivity index is 2.56. The smallest absolute Gasteiger partial charge is 0.162 e. The van der Waals surface area contributed by atoms with Gasteiger partial charge in [-0.3, -0.25) is 0 Å². The summed E-state index contributed by atoms with van der Waals surface area (Å²) in [6, 6.07) is 6.33. The van der Waals surface area contributed by atoms with E-state index in [0.717, 1.165) is 16.8 Å². The summed E-state index contributed by atoms with van der Waals surface area (Å²) in [4.78, 5) is 8.70. The van der Waals surface area contributed by atoms with E-state index in [1.807, 2.05) is 20.8 Å². The van der Waals surface area contributed by atoms with Crippen LogP contribution in [-0.4, -0.2) is 9.97 Å². The zero-order chi connectivity index (χ0) is 13.3. The van der Waals surface area contributed by atoms with E-state index in [9.17, 15) is 4.39 Å². The molecule has 0 bridgehead atoms. The topological polar surface area (TPSA) is 51.8 Å². The maximum Gasteiger partial charge on any atom is 0.162 e. The van der Waals surface area contributed by atoms with Crippen molar-refractivity contribution in [3.8, 4) is 11.4 Å². The van der Waals surface area contributed by atoms with E-state index in [4.69, 9.17) is 5.73 Å². The highest BCUT2D eigenvalue weighted by Gasteiger charge is 2.10. The second-order valence-corrected chi connectivity index (χ2v) is 4.66. The molecule has 0 fully saturated rings. The molecule has 1 aromatic carbocycles. The predicted molar refractivity (Wildman–Crippen MR) is 70.7 cm³/mol. The fraction of sp³-hybridized carbons (Fsp3) is 0.286. The van der Waals surface area contributed by atoms with Crippen LogP contribution in [0.4, 0.5) is 10.2 Å². The molecule has 2 rings (SSSR count). The second-order valence-electron chi connectivity index (χ2n) is 4.66. The van der Waals surface area contributed by atoms with Crippen LogP contribution in [0.3, 0.4) is 0 Å². The monoisotopic (exact) mass is 245 g/mol. The van der Waals surface area contributed by atoms with Crippen LogP contribution < -0.4 is 5.73 Å². The van der Waals surface area contributed by atoms with E-state index in [-0.39, 0.29) is 11.7 Å². The van der Waals surface area contributed by atoms with E-state index in [2.05, 4.69) is 9.97 Å². The maximum atomic E-state index is 13.1. The third-order valence-electron chi connectivity index (χ3n) is 2.79. The summed E-state index contributed by atoms with van der Waals surface area (Å²) >= 11 is 0. The van der Waals surface area contributed by atoms with Gasteiger partial charge in [0.25, 0.3) is 0 Å². The molecule has 0 saturated heterocycles. The van der Waals surface area contributed by atoms with Gasteiger partial charge in [-0.1, -0.05) is 13.8 Å². The molecule has 0 aliphatic heterocycles. The lowest BCUT2D eigenvalue weighted by atomic mass is 10.1. The Labute approximate surface area is 106 Å². The molecule has 0 atom stereocenters. The quantitative estimate of drug-likeness (QED) is 0.883. The minimum Gasteiger partial charge on any atom is -0.384 e. The number of nitrogens with two attached hydrogens (primary N) is 1. The molecule has 2 aromatic rings.